The van der Waals surface area contributed by atoms with Gasteiger partial charge in [0.2, 0.25) is 5.91 Å². The summed E-state index contributed by atoms with van der Waals surface area (Å²) in [6.07, 6.45) is 0.447. The Kier molecular flexibility index (Phi) is 5.89. The molecule has 0 aliphatic rings. The van der Waals surface area contributed by atoms with Crippen molar-refractivity contribution in [1.29, 1.82) is 0 Å². The van der Waals surface area contributed by atoms with Gasteiger partial charge < -0.3 is 10.1 Å². The van der Waals surface area contributed by atoms with E-state index in [0.29, 0.717) is 36.2 Å². The van der Waals surface area contributed by atoms with Crippen LogP contribution in [0.3, 0.4) is 0 Å². The quantitative estimate of drug-likeness (QED) is 0.630. The summed E-state index contributed by atoms with van der Waals surface area (Å²) in [4.78, 5) is 25.8. The lowest BCUT2D eigenvalue weighted by Gasteiger charge is -2.17. The Labute approximate surface area is 163 Å². The van der Waals surface area contributed by atoms with Gasteiger partial charge in [-0.25, -0.2) is 9.36 Å². The minimum absolute atomic E-state index is 0.249. The van der Waals surface area contributed by atoms with E-state index in [1.165, 1.54) is 4.68 Å². The molecular formula is C20H25N5O3. The molecule has 8 nitrogen and oxygen atoms in total. The highest BCUT2D eigenvalue weighted by Crippen LogP contribution is 2.21. The van der Waals surface area contributed by atoms with Gasteiger partial charge in [-0.1, -0.05) is 25.1 Å². The molecule has 0 aliphatic carbocycles. The summed E-state index contributed by atoms with van der Waals surface area (Å²) in [6.45, 7) is 6.30. The fourth-order valence-corrected chi connectivity index (χ4v) is 3.28. The number of methoxy groups -OCH3 is 1. The van der Waals surface area contributed by atoms with Crippen molar-refractivity contribution in [2.24, 2.45) is 0 Å². The smallest absolute Gasteiger partial charge is 0.278 e. The van der Waals surface area contributed by atoms with Gasteiger partial charge in [0, 0.05) is 13.7 Å². The number of hydrogen-bond acceptors (Lipinski definition) is 5. The summed E-state index contributed by atoms with van der Waals surface area (Å²) in [5.74, 6) is -0.249. The third kappa shape index (κ3) is 3.55. The van der Waals surface area contributed by atoms with Crippen LogP contribution in [-0.4, -0.2) is 45.7 Å². The molecule has 0 aliphatic heterocycles. The molecule has 2 aromatic heterocycles. The molecule has 1 unspecified atom stereocenters. The van der Waals surface area contributed by atoms with Crippen LogP contribution in [0.25, 0.3) is 16.6 Å². The molecule has 0 saturated heterocycles. The van der Waals surface area contributed by atoms with Crippen molar-refractivity contribution in [2.45, 2.75) is 33.2 Å². The summed E-state index contributed by atoms with van der Waals surface area (Å²) in [5, 5.41) is 12.3. The fourth-order valence-electron chi connectivity index (χ4n) is 3.28. The van der Waals surface area contributed by atoms with E-state index in [2.05, 4.69) is 15.5 Å². The summed E-state index contributed by atoms with van der Waals surface area (Å²) < 4.78 is 7.98. The molecule has 0 bridgehead atoms. The van der Waals surface area contributed by atoms with Crippen molar-refractivity contribution in [2.75, 3.05) is 20.3 Å². The van der Waals surface area contributed by atoms with Gasteiger partial charge in [-0.05, 0) is 32.4 Å². The number of nitrogens with one attached hydrogen (secondary N) is 1. The van der Waals surface area contributed by atoms with Gasteiger partial charge in [-0.15, -0.1) is 0 Å². The van der Waals surface area contributed by atoms with E-state index in [0.717, 1.165) is 11.4 Å². The molecule has 1 aromatic carbocycles. The first-order chi connectivity index (χ1) is 13.5. The highest BCUT2D eigenvalue weighted by atomic mass is 16.5. The second-order valence-corrected chi connectivity index (χ2v) is 6.60. The summed E-state index contributed by atoms with van der Waals surface area (Å²) in [6, 6.07) is 8.93. The molecule has 0 saturated carbocycles. The Morgan fingerprint density at radius 3 is 2.57 bits per heavy atom. The van der Waals surface area contributed by atoms with E-state index in [1.54, 1.807) is 18.7 Å². The third-order valence-electron chi connectivity index (χ3n) is 4.73. The first-order valence-electron chi connectivity index (χ1n) is 9.30. The Morgan fingerprint density at radius 1 is 1.21 bits per heavy atom. The summed E-state index contributed by atoms with van der Waals surface area (Å²) in [7, 11) is 1.57. The van der Waals surface area contributed by atoms with E-state index in [1.807, 2.05) is 44.2 Å². The van der Waals surface area contributed by atoms with Gasteiger partial charge >= 0.3 is 0 Å². The van der Waals surface area contributed by atoms with Crippen LogP contribution in [0, 0.1) is 13.8 Å². The maximum Gasteiger partial charge on any atom is 0.278 e. The second-order valence-electron chi connectivity index (χ2n) is 6.60. The van der Waals surface area contributed by atoms with Crippen LogP contribution in [0.4, 0.5) is 0 Å². The summed E-state index contributed by atoms with van der Waals surface area (Å²) >= 11 is 0. The van der Waals surface area contributed by atoms with Crippen LogP contribution in [0.15, 0.2) is 35.1 Å². The molecule has 1 atom stereocenters. The predicted octanol–water partition coefficient (Wildman–Crippen LogP) is 1.91. The Balaban J connectivity index is 2.10. The van der Waals surface area contributed by atoms with E-state index >= 15 is 0 Å². The molecular weight excluding hydrogens is 358 g/mol. The number of aromatic nitrogens is 4. The van der Waals surface area contributed by atoms with Crippen molar-refractivity contribution >= 4 is 16.8 Å². The largest absolute Gasteiger partial charge is 0.383 e. The molecule has 148 valence electrons. The number of benzene rings is 1. The molecule has 1 N–H and O–H groups in total. The van der Waals surface area contributed by atoms with Crippen molar-refractivity contribution in [3.8, 4) is 5.69 Å². The van der Waals surface area contributed by atoms with E-state index in [9.17, 15) is 9.59 Å². The zero-order valence-electron chi connectivity index (χ0n) is 16.6. The molecule has 0 radical (unpaired) electrons. The Bertz CT molecular complexity index is 1040. The van der Waals surface area contributed by atoms with Crippen molar-refractivity contribution < 1.29 is 9.53 Å². The van der Waals surface area contributed by atoms with Gasteiger partial charge in [0.25, 0.3) is 5.56 Å². The van der Waals surface area contributed by atoms with E-state index < -0.39 is 6.04 Å². The van der Waals surface area contributed by atoms with E-state index in [-0.39, 0.29) is 11.5 Å². The van der Waals surface area contributed by atoms with Gasteiger partial charge in [0.15, 0.2) is 0 Å². The Hall–Kier alpha value is -3.00. The highest BCUT2D eigenvalue weighted by molar-refractivity contribution is 5.84. The molecule has 3 rings (SSSR count). The number of aryl methyl sites for hydroxylation is 2. The number of carbonyl (C=O) groups is 1. The first-order valence-corrected chi connectivity index (χ1v) is 9.30. The lowest BCUT2D eigenvalue weighted by atomic mass is 10.2. The first kappa shape index (κ1) is 19.8. The van der Waals surface area contributed by atoms with Crippen molar-refractivity contribution in [3.05, 3.63) is 52.1 Å². The molecule has 2 heterocycles. The average molecular weight is 383 g/mol. The molecule has 8 heteroatoms. The van der Waals surface area contributed by atoms with Crippen LogP contribution >= 0.6 is 0 Å². The van der Waals surface area contributed by atoms with Crippen LogP contribution in [0.1, 0.15) is 30.8 Å². The molecule has 28 heavy (non-hydrogen) atoms. The number of fused-ring (bicyclic) bond motifs is 1. The van der Waals surface area contributed by atoms with Gasteiger partial charge in [-0.3, -0.25) is 9.59 Å². The summed E-state index contributed by atoms with van der Waals surface area (Å²) in [5.41, 5.74) is 2.44. The van der Waals surface area contributed by atoms with E-state index in [4.69, 9.17) is 4.74 Å². The lowest BCUT2D eigenvalue weighted by Crippen LogP contribution is -2.39. The monoisotopic (exact) mass is 383 g/mol. The zero-order valence-corrected chi connectivity index (χ0v) is 16.6. The maximum absolute atomic E-state index is 13.2. The lowest BCUT2D eigenvalue weighted by molar-refractivity contribution is -0.125. The minimum Gasteiger partial charge on any atom is -0.383 e. The minimum atomic E-state index is -0.688. The number of nitrogens with zero attached hydrogens (tertiary/aromatic N) is 4. The second kappa shape index (κ2) is 8.35. The van der Waals surface area contributed by atoms with Crippen LogP contribution < -0.4 is 10.9 Å². The number of amides is 1. The predicted molar refractivity (Wildman–Crippen MR) is 107 cm³/mol. The maximum atomic E-state index is 13.2. The van der Waals surface area contributed by atoms with Gasteiger partial charge in [0.1, 0.15) is 11.6 Å². The third-order valence-corrected chi connectivity index (χ3v) is 4.73. The average Bonchev–Trinajstić information content (AvgIpc) is 3.05. The number of carbonyl (C=O) groups excluding carboxylic acids is 1. The molecule has 1 amide bonds. The molecule has 0 fully saturated rings. The molecule has 0 spiro atoms. The Morgan fingerprint density at radius 2 is 1.93 bits per heavy atom. The van der Waals surface area contributed by atoms with Crippen LogP contribution in [0.2, 0.25) is 0 Å². The zero-order chi connectivity index (χ0) is 20.3. The number of ether oxygens (including phenoxy) is 1. The number of hydrogen-bond donors (Lipinski definition) is 1. The van der Waals surface area contributed by atoms with Crippen LogP contribution in [0.5, 0.6) is 0 Å². The topological polar surface area (TPSA) is 91.0 Å². The van der Waals surface area contributed by atoms with Crippen LogP contribution in [-0.2, 0) is 9.53 Å². The highest BCUT2D eigenvalue weighted by Gasteiger charge is 2.25. The van der Waals surface area contributed by atoms with Gasteiger partial charge in [-0.2, -0.15) is 10.2 Å². The number of rotatable bonds is 7. The van der Waals surface area contributed by atoms with Gasteiger partial charge in [0.05, 0.1) is 29.1 Å². The molecule has 3 aromatic rings. The number of para-hydroxylation sites is 1. The normalized spacial score (nSPS) is 12.3. The SMILES string of the molecule is CCC(C(=O)NCCOC)n1nc(C)c2nn(-c3ccccc3)c(C)c2c1=O. The van der Waals surface area contributed by atoms with Crippen molar-refractivity contribution in [1.82, 2.24) is 24.9 Å². The fraction of sp³-hybridized carbons (Fsp3) is 0.400. The van der Waals surface area contributed by atoms with Crippen molar-refractivity contribution in [3.63, 3.8) is 0 Å². The standard InChI is InChI=1S/C20H25N5O3/c1-5-16(19(26)21-11-12-28-4)25-20(27)17-14(3)24(15-9-7-6-8-10-15)23-18(17)13(2)22-25/h6-10,16H,5,11-12H2,1-4H3,(H,21,26).